The molecule has 0 saturated heterocycles. The third-order valence-electron chi connectivity index (χ3n) is 2.97. The molecule has 0 radical (unpaired) electrons. The largest absolute Gasteiger partial charge is 0.485 e. The van der Waals surface area contributed by atoms with Crippen LogP contribution in [0, 0.1) is 6.92 Å². The second-order valence-electron chi connectivity index (χ2n) is 4.98. The van der Waals surface area contributed by atoms with E-state index >= 15 is 0 Å². The highest BCUT2D eigenvalue weighted by atomic mass is 32.2. The molecule has 0 aliphatic carbocycles. The lowest BCUT2D eigenvalue weighted by molar-refractivity contribution is 0.280. The molecule has 21 heavy (non-hydrogen) atoms. The molecule has 2 N–H and O–H groups in total. The number of benzene rings is 1. The molecule has 0 saturated carbocycles. The van der Waals surface area contributed by atoms with Crippen molar-refractivity contribution in [2.45, 2.75) is 38.3 Å². The minimum atomic E-state index is -3.70. The topological polar surface area (TPSA) is 100 Å². The van der Waals surface area contributed by atoms with Crippen molar-refractivity contribution < 1.29 is 13.2 Å². The average Bonchev–Trinajstić information content (AvgIpc) is 2.84. The highest BCUT2D eigenvalue weighted by molar-refractivity contribution is 7.89. The summed E-state index contributed by atoms with van der Waals surface area (Å²) in [6.07, 6.45) is 1.48. The molecule has 0 unspecified atom stereocenters. The number of nitrogens with two attached hydrogens (primary N) is 1. The van der Waals surface area contributed by atoms with Crippen LogP contribution in [0.2, 0.25) is 0 Å². The van der Waals surface area contributed by atoms with Crippen LogP contribution in [-0.4, -0.2) is 23.2 Å². The van der Waals surface area contributed by atoms with Crippen LogP contribution in [0.25, 0.3) is 0 Å². The molecule has 114 valence electrons. The molecule has 0 aliphatic heterocycles. The summed E-state index contributed by atoms with van der Waals surface area (Å²) in [6, 6.07) is 4.69. The van der Waals surface area contributed by atoms with Gasteiger partial charge in [0.15, 0.2) is 5.82 Å². The minimum Gasteiger partial charge on any atom is -0.485 e. The average molecular weight is 310 g/mol. The summed E-state index contributed by atoms with van der Waals surface area (Å²) in [5, 5.41) is 9.22. The number of rotatable bonds is 5. The lowest BCUT2D eigenvalue weighted by Gasteiger charge is -2.12. The highest BCUT2D eigenvalue weighted by Crippen LogP contribution is 2.22. The highest BCUT2D eigenvalue weighted by Gasteiger charge is 2.12. The standard InChI is InChI=1S/C13H18N4O3S/c1-9(2)17-13(15-8-16-17)7-20-12-5-4-11(6-10(12)3)21(14,18)19/h4-6,8-9H,7H2,1-3H3,(H2,14,18,19). The van der Waals surface area contributed by atoms with E-state index in [1.807, 2.05) is 13.8 Å². The van der Waals surface area contributed by atoms with E-state index in [4.69, 9.17) is 9.88 Å². The molecular weight excluding hydrogens is 292 g/mol. The van der Waals surface area contributed by atoms with Crippen LogP contribution in [0.5, 0.6) is 5.75 Å². The Hall–Kier alpha value is -1.93. The third-order valence-corrected chi connectivity index (χ3v) is 3.88. The van der Waals surface area contributed by atoms with Gasteiger partial charge in [0.2, 0.25) is 10.0 Å². The van der Waals surface area contributed by atoms with E-state index in [1.54, 1.807) is 17.7 Å². The molecule has 0 fully saturated rings. The number of hydrogen-bond acceptors (Lipinski definition) is 5. The third kappa shape index (κ3) is 3.59. The molecule has 8 heteroatoms. The summed E-state index contributed by atoms with van der Waals surface area (Å²) in [6.45, 7) is 6.03. The first-order chi connectivity index (χ1) is 9.79. The van der Waals surface area contributed by atoms with Crippen molar-refractivity contribution in [3.63, 3.8) is 0 Å². The van der Waals surface area contributed by atoms with E-state index in [-0.39, 0.29) is 17.5 Å². The van der Waals surface area contributed by atoms with Gasteiger partial charge in [0.1, 0.15) is 18.7 Å². The second-order valence-corrected chi connectivity index (χ2v) is 6.54. The monoisotopic (exact) mass is 310 g/mol. The van der Waals surface area contributed by atoms with Crippen LogP contribution >= 0.6 is 0 Å². The minimum absolute atomic E-state index is 0.0673. The van der Waals surface area contributed by atoms with Crippen molar-refractivity contribution in [3.05, 3.63) is 35.9 Å². The maximum atomic E-state index is 11.3. The van der Waals surface area contributed by atoms with Gasteiger partial charge in [-0.3, -0.25) is 0 Å². The Morgan fingerprint density at radius 1 is 1.38 bits per heavy atom. The fourth-order valence-electron chi connectivity index (χ4n) is 1.91. The number of nitrogens with zero attached hydrogens (tertiary/aromatic N) is 3. The molecule has 2 rings (SSSR count). The molecule has 1 aromatic heterocycles. The zero-order valence-electron chi connectivity index (χ0n) is 12.1. The van der Waals surface area contributed by atoms with Gasteiger partial charge in [0.05, 0.1) is 4.90 Å². The maximum absolute atomic E-state index is 11.3. The molecular formula is C13H18N4O3S. The molecule has 0 spiro atoms. The van der Waals surface area contributed by atoms with Crippen molar-refractivity contribution in [2.75, 3.05) is 0 Å². The fourth-order valence-corrected chi connectivity index (χ4v) is 2.51. The van der Waals surface area contributed by atoms with Gasteiger partial charge in [-0.2, -0.15) is 5.10 Å². The van der Waals surface area contributed by atoms with Crippen molar-refractivity contribution in [2.24, 2.45) is 5.14 Å². The number of aryl methyl sites for hydroxylation is 1. The van der Waals surface area contributed by atoms with Crippen LogP contribution in [0.3, 0.4) is 0 Å². The van der Waals surface area contributed by atoms with Crippen molar-refractivity contribution in [1.82, 2.24) is 14.8 Å². The summed E-state index contributed by atoms with van der Waals surface area (Å²) < 4.78 is 30.0. The van der Waals surface area contributed by atoms with Crippen molar-refractivity contribution in [3.8, 4) is 5.75 Å². The van der Waals surface area contributed by atoms with Gasteiger partial charge in [-0.1, -0.05) is 0 Å². The van der Waals surface area contributed by atoms with E-state index < -0.39 is 10.0 Å². The molecule has 0 aliphatic rings. The first kappa shape index (κ1) is 15.5. The lowest BCUT2D eigenvalue weighted by atomic mass is 10.2. The van der Waals surface area contributed by atoms with Gasteiger partial charge >= 0.3 is 0 Å². The van der Waals surface area contributed by atoms with E-state index in [9.17, 15) is 8.42 Å². The van der Waals surface area contributed by atoms with Crippen LogP contribution in [-0.2, 0) is 16.6 Å². The van der Waals surface area contributed by atoms with Gasteiger partial charge in [-0.15, -0.1) is 0 Å². The zero-order chi connectivity index (χ0) is 15.6. The van der Waals surface area contributed by atoms with Crippen LogP contribution in [0.1, 0.15) is 31.3 Å². The first-order valence-electron chi connectivity index (χ1n) is 6.43. The number of ether oxygens (including phenoxy) is 1. The SMILES string of the molecule is Cc1cc(S(N)(=O)=O)ccc1OCc1ncnn1C(C)C. The second kappa shape index (κ2) is 5.82. The van der Waals surface area contributed by atoms with Gasteiger partial charge < -0.3 is 4.74 Å². The number of primary sulfonamides is 1. The van der Waals surface area contributed by atoms with Gasteiger partial charge in [-0.25, -0.2) is 23.2 Å². The summed E-state index contributed by atoms with van der Waals surface area (Å²) >= 11 is 0. The van der Waals surface area contributed by atoms with Crippen LogP contribution in [0.15, 0.2) is 29.4 Å². The Kier molecular flexibility index (Phi) is 4.29. The molecule has 2 aromatic rings. The van der Waals surface area contributed by atoms with Gasteiger partial charge in [-0.05, 0) is 44.5 Å². The smallest absolute Gasteiger partial charge is 0.238 e. The quantitative estimate of drug-likeness (QED) is 0.899. The zero-order valence-corrected chi connectivity index (χ0v) is 13.0. The molecule has 1 heterocycles. The molecule has 0 bridgehead atoms. The Morgan fingerprint density at radius 3 is 2.67 bits per heavy atom. The van der Waals surface area contributed by atoms with Crippen molar-refractivity contribution in [1.29, 1.82) is 0 Å². The predicted octanol–water partition coefficient (Wildman–Crippen LogP) is 1.39. The maximum Gasteiger partial charge on any atom is 0.238 e. The fraction of sp³-hybridized carbons (Fsp3) is 0.385. The predicted molar refractivity (Wildman–Crippen MR) is 77.3 cm³/mol. The molecule has 7 nitrogen and oxygen atoms in total. The Morgan fingerprint density at radius 2 is 2.10 bits per heavy atom. The first-order valence-corrected chi connectivity index (χ1v) is 7.98. The van der Waals surface area contributed by atoms with Crippen LogP contribution in [0.4, 0.5) is 0 Å². The summed E-state index contributed by atoms with van der Waals surface area (Å²) in [5.41, 5.74) is 0.692. The van der Waals surface area contributed by atoms with E-state index in [0.717, 1.165) is 0 Å². The van der Waals surface area contributed by atoms with E-state index in [0.29, 0.717) is 17.1 Å². The van der Waals surface area contributed by atoms with E-state index in [2.05, 4.69) is 10.1 Å². The Labute approximate surface area is 123 Å². The van der Waals surface area contributed by atoms with Gasteiger partial charge in [0.25, 0.3) is 0 Å². The van der Waals surface area contributed by atoms with Gasteiger partial charge in [0, 0.05) is 6.04 Å². The summed E-state index contributed by atoms with van der Waals surface area (Å²) in [5.74, 6) is 1.29. The summed E-state index contributed by atoms with van der Waals surface area (Å²) in [4.78, 5) is 4.22. The molecule has 0 atom stereocenters. The number of hydrogen-bond donors (Lipinski definition) is 1. The van der Waals surface area contributed by atoms with Crippen LogP contribution < -0.4 is 9.88 Å². The molecule has 0 amide bonds. The van der Waals surface area contributed by atoms with Crippen molar-refractivity contribution >= 4 is 10.0 Å². The summed E-state index contributed by atoms with van der Waals surface area (Å²) in [7, 11) is -3.70. The molecule has 1 aromatic carbocycles. The number of sulfonamides is 1. The van der Waals surface area contributed by atoms with E-state index in [1.165, 1.54) is 18.5 Å². The normalized spacial score (nSPS) is 11.9. The Bertz CT molecular complexity index is 738. The Balaban J connectivity index is 2.16. The number of aromatic nitrogens is 3. The lowest BCUT2D eigenvalue weighted by Crippen LogP contribution is -2.13.